The molecule has 1 aromatic carbocycles. The Hall–Kier alpha value is -2.77. The number of halogens is 2. The van der Waals surface area contributed by atoms with Crippen molar-refractivity contribution < 1.29 is 18.4 Å². The van der Waals surface area contributed by atoms with Crippen molar-refractivity contribution in [3.05, 3.63) is 46.9 Å². The van der Waals surface area contributed by atoms with Crippen LogP contribution in [0.5, 0.6) is 0 Å². The van der Waals surface area contributed by atoms with Crippen LogP contribution in [0.25, 0.3) is 0 Å². The van der Waals surface area contributed by atoms with Gasteiger partial charge in [-0.15, -0.1) is 0 Å². The van der Waals surface area contributed by atoms with E-state index in [1.165, 1.54) is 11.0 Å². The summed E-state index contributed by atoms with van der Waals surface area (Å²) in [4.78, 5) is 33.3. The van der Waals surface area contributed by atoms with Crippen LogP contribution in [-0.4, -0.2) is 34.0 Å². The van der Waals surface area contributed by atoms with Crippen molar-refractivity contribution in [2.24, 2.45) is 5.92 Å². The van der Waals surface area contributed by atoms with Gasteiger partial charge < -0.3 is 9.88 Å². The molecule has 1 aromatic heterocycles. The number of nitrogens with zero attached hydrogens (tertiary/aromatic N) is 3. The molecule has 0 bridgehead atoms. The van der Waals surface area contributed by atoms with Gasteiger partial charge in [0.2, 0.25) is 0 Å². The number of fused-ring (bicyclic) bond motifs is 1. The van der Waals surface area contributed by atoms with Crippen LogP contribution in [0.4, 0.5) is 14.6 Å². The average molecular weight is 473 g/mol. The fourth-order valence-electron chi connectivity index (χ4n) is 4.95. The molecule has 1 aliphatic heterocycles. The van der Waals surface area contributed by atoms with Crippen LogP contribution in [0, 0.1) is 17.6 Å². The molecule has 0 radical (unpaired) electrons. The highest BCUT2D eigenvalue weighted by Gasteiger charge is 2.32. The van der Waals surface area contributed by atoms with Crippen molar-refractivity contribution in [2.45, 2.75) is 84.2 Å². The SMILES string of the molecule is CCCCN(C(=O)c1ccc(F)c(F)c1)c1nc2n(c1C(=O)NC1CCC(C)CC1)CCCC2. The van der Waals surface area contributed by atoms with E-state index in [1.807, 2.05) is 11.5 Å². The third-order valence-electron chi connectivity index (χ3n) is 7.03. The highest BCUT2D eigenvalue weighted by Crippen LogP contribution is 2.29. The van der Waals surface area contributed by atoms with Gasteiger partial charge in [0.15, 0.2) is 23.1 Å². The number of aryl methyl sites for hydroxylation is 1. The van der Waals surface area contributed by atoms with E-state index in [1.54, 1.807) is 0 Å². The zero-order chi connectivity index (χ0) is 24.2. The minimum Gasteiger partial charge on any atom is -0.348 e. The smallest absolute Gasteiger partial charge is 0.272 e. The lowest BCUT2D eigenvalue weighted by molar-refractivity contribution is 0.0913. The second kappa shape index (κ2) is 10.7. The number of imidazole rings is 1. The summed E-state index contributed by atoms with van der Waals surface area (Å²) in [5.74, 6) is -0.987. The van der Waals surface area contributed by atoms with Crippen LogP contribution in [0.15, 0.2) is 18.2 Å². The maximum absolute atomic E-state index is 13.9. The lowest BCUT2D eigenvalue weighted by atomic mass is 9.87. The van der Waals surface area contributed by atoms with Gasteiger partial charge in [-0.3, -0.25) is 14.5 Å². The molecule has 2 amide bonds. The Morgan fingerprint density at radius 1 is 1.15 bits per heavy atom. The molecule has 0 saturated heterocycles. The van der Waals surface area contributed by atoms with Gasteiger partial charge in [0.25, 0.3) is 11.8 Å². The van der Waals surface area contributed by atoms with E-state index < -0.39 is 17.5 Å². The quantitative estimate of drug-likeness (QED) is 0.598. The molecule has 34 heavy (non-hydrogen) atoms. The maximum atomic E-state index is 13.9. The summed E-state index contributed by atoms with van der Waals surface area (Å²) in [6.07, 6.45) is 8.23. The molecule has 184 valence electrons. The first kappa shape index (κ1) is 24.4. The van der Waals surface area contributed by atoms with Gasteiger partial charge in [-0.1, -0.05) is 20.3 Å². The number of hydrogen-bond donors (Lipinski definition) is 1. The Bertz CT molecular complexity index is 1040. The number of carbonyl (C=O) groups is 2. The highest BCUT2D eigenvalue weighted by molar-refractivity contribution is 6.09. The summed E-state index contributed by atoms with van der Waals surface area (Å²) in [6.45, 7) is 5.26. The Kier molecular flexibility index (Phi) is 7.63. The van der Waals surface area contributed by atoms with E-state index in [0.29, 0.717) is 36.9 Å². The van der Waals surface area contributed by atoms with Crippen LogP contribution in [-0.2, 0) is 13.0 Å². The van der Waals surface area contributed by atoms with Crippen LogP contribution < -0.4 is 10.2 Å². The molecule has 6 nitrogen and oxygen atoms in total. The van der Waals surface area contributed by atoms with Crippen molar-refractivity contribution in [2.75, 3.05) is 11.4 Å². The fourth-order valence-corrected chi connectivity index (χ4v) is 4.95. The summed E-state index contributed by atoms with van der Waals surface area (Å²) < 4.78 is 29.3. The van der Waals surface area contributed by atoms with Crippen molar-refractivity contribution >= 4 is 17.6 Å². The van der Waals surface area contributed by atoms with E-state index in [-0.39, 0.29) is 17.5 Å². The van der Waals surface area contributed by atoms with Crippen LogP contribution in [0.1, 0.15) is 91.9 Å². The monoisotopic (exact) mass is 472 g/mol. The molecule has 1 aliphatic carbocycles. The first-order chi connectivity index (χ1) is 16.4. The number of amides is 2. The average Bonchev–Trinajstić information content (AvgIpc) is 3.22. The fraction of sp³-hybridized carbons (Fsp3) is 0.577. The van der Waals surface area contributed by atoms with E-state index in [0.717, 1.165) is 69.3 Å². The summed E-state index contributed by atoms with van der Waals surface area (Å²) in [5.41, 5.74) is 0.439. The zero-order valence-corrected chi connectivity index (χ0v) is 20.1. The van der Waals surface area contributed by atoms with Gasteiger partial charge in [-0.25, -0.2) is 13.8 Å². The molecule has 8 heteroatoms. The summed E-state index contributed by atoms with van der Waals surface area (Å²) >= 11 is 0. The van der Waals surface area contributed by atoms with Crippen molar-refractivity contribution in [3.63, 3.8) is 0 Å². The number of hydrogen-bond acceptors (Lipinski definition) is 3. The molecular weight excluding hydrogens is 438 g/mol. The molecule has 2 aliphatic rings. The third kappa shape index (κ3) is 5.15. The highest BCUT2D eigenvalue weighted by atomic mass is 19.2. The first-order valence-corrected chi connectivity index (χ1v) is 12.6. The summed E-state index contributed by atoms with van der Waals surface area (Å²) in [6, 6.07) is 3.25. The molecule has 2 heterocycles. The molecular formula is C26H34F2N4O2. The van der Waals surface area contributed by atoms with Crippen LogP contribution in [0.3, 0.4) is 0 Å². The molecule has 4 rings (SSSR count). The normalized spacial score (nSPS) is 20.0. The lowest BCUT2D eigenvalue weighted by Gasteiger charge is -2.28. The standard InChI is InChI=1S/C26H34F2N4O2/c1-3-4-14-32(26(34)18-10-13-20(27)21(28)16-18)24-23(31-15-6-5-7-22(31)30-24)25(33)29-19-11-8-17(2)9-12-19/h10,13,16-17,19H,3-9,11-12,14-15H2,1-2H3,(H,29,33). The molecule has 0 atom stereocenters. The van der Waals surface area contributed by atoms with Crippen LogP contribution in [0.2, 0.25) is 0 Å². The van der Waals surface area contributed by atoms with Crippen molar-refractivity contribution in [1.29, 1.82) is 0 Å². The molecule has 0 unspecified atom stereocenters. The maximum Gasteiger partial charge on any atom is 0.272 e. The second-order valence-corrected chi connectivity index (χ2v) is 9.68. The van der Waals surface area contributed by atoms with Gasteiger partial charge in [0, 0.05) is 31.1 Å². The van der Waals surface area contributed by atoms with Gasteiger partial charge in [0.1, 0.15) is 5.82 Å². The van der Waals surface area contributed by atoms with E-state index in [9.17, 15) is 18.4 Å². The van der Waals surface area contributed by atoms with Gasteiger partial charge in [0.05, 0.1) is 0 Å². The molecule has 1 fully saturated rings. The number of anilines is 1. The van der Waals surface area contributed by atoms with E-state index >= 15 is 0 Å². The predicted molar refractivity (Wildman–Crippen MR) is 127 cm³/mol. The number of benzene rings is 1. The Morgan fingerprint density at radius 3 is 2.62 bits per heavy atom. The zero-order valence-electron chi connectivity index (χ0n) is 20.1. The molecule has 1 N–H and O–H groups in total. The number of rotatable bonds is 7. The Balaban J connectivity index is 1.70. The van der Waals surface area contributed by atoms with Crippen LogP contribution >= 0.6 is 0 Å². The van der Waals surface area contributed by atoms with Crippen molar-refractivity contribution in [1.82, 2.24) is 14.9 Å². The third-order valence-corrected chi connectivity index (χ3v) is 7.03. The molecule has 0 spiro atoms. The minimum atomic E-state index is -1.07. The topological polar surface area (TPSA) is 67.2 Å². The number of aromatic nitrogens is 2. The molecule has 1 saturated carbocycles. The summed E-state index contributed by atoms with van der Waals surface area (Å²) in [5, 5.41) is 3.19. The molecule has 2 aromatic rings. The number of unbranched alkanes of at least 4 members (excludes halogenated alkanes) is 1. The Labute approximate surface area is 199 Å². The first-order valence-electron chi connectivity index (χ1n) is 12.6. The Morgan fingerprint density at radius 2 is 1.91 bits per heavy atom. The largest absolute Gasteiger partial charge is 0.348 e. The number of nitrogens with one attached hydrogen (secondary N) is 1. The number of carbonyl (C=O) groups excluding carboxylic acids is 2. The minimum absolute atomic E-state index is 0.0357. The lowest BCUT2D eigenvalue weighted by Crippen LogP contribution is -2.40. The summed E-state index contributed by atoms with van der Waals surface area (Å²) in [7, 11) is 0. The van der Waals surface area contributed by atoms with Gasteiger partial charge in [-0.05, 0) is 69.1 Å². The predicted octanol–water partition coefficient (Wildman–Crippen LogP) is 5.25. The second-order valence-electron chi connectivity index (χ2n) is 9.68. The van der Waals surface area contributed by atoms with E-state index in [2.05, 4.69) is 12.2 Å². The van der Waals surface area contributed by atoms with Crippen molar-refractivity contribution in [3.8, 4) is 0 Å². The van der Waals surface area contributed by atoms with Gasteiger partial charge >= 0.3 is 0 Å². The van der Waals surface area contributed by atoms with Gasteiger partial charge in [-0.2, -0.15) is 0 Å². The van der Waals surface area contributed by atoms with E-state index in [4.69, 9.17) is 4.98 Å².